The summed E-state index contributed by atoms with van der Waals surface area (Å²) in [5.41, 5.74) is 3.75. The third-order valence-corrected chi connectivity index (χ3v) is 5.58. The van der Waals surface area contributed by atoms with E-state index >= 15 is 0 Å². The molecule has 4 rings (SSSR count). The zero-order valence-electron chi connectivity index (χ0n) is 17.3. The van der Waals surface area contributed by atoms with Gasteiger partial charge in [0.05, 0.1) is 20.4 Å². The highest BCUT2D eigenvalue weighted by Crippen LogP contribution is 2.39. The fraction of sp³-hybridized carbons (Fsp3) is 0.217. The number of ether oxygens (including phenoxy) is 1. The van der Waals surface area contributed by atoms with E-state index in [0.717, 1.165) is 35.3 Å². The fourth-order valence-electron chi connectivity index (χ4n) is 3.07. The molecule has 2 aromatic heterocycles. The van der Waals surface area contributed by atoms with Crippen LogP contribution in [0.1, 0.15) is 18.4 Å². The number of aryl methyl sites for hydroxylation is 1. The summed E-state index contributed by atoms with van der Waals surface area (Å²) in [6.45, 7) is 3.06. The van der Waals surface area contributed by atoms with Crippen LogP contribution in [0.25, 0.3) is 11.1 Å². The minimum Gasteiger partial charge on any atom is -0.461 e. The first kappa shape index (κ1) is 20.9. The zero-order valence-corrected chi connectivity index (χ0v) is 18.2. The monoisotopic (exact) mass is 432 g/mol. The van der Waals surface area contributed by atoms with Gasteiger partial charge in [-0.15, -0.1) is 5.11 Å². The summed E-state index contributed by atoms with van der Waals surface area (Å²) in [5, 5.41) is 4.17. The van der Waals surface area contributed by atoms with Crippen LogP contribution in [0.3, 0.4) is 0 Å². The number of carbonyl (C=O) groups excluding carboxylic acids is 1. The Morgan fingerprint density at radius 1 is 1.10 bits per heavy atom. The van der Waals surface area contributed by atoms with Gasteiger partial charge in [-0.1, -0.05) is 30.3 Å². The summed E-state index contributed by atoms with van der Waals surface area (Å²) in [6, 6.07) is 15.8. The van der Waals surface area contributed by atoms with Crippen LogP contribution in [0.4, 0.5) is 11.5 Å². The molecule has 0 saturated carbocycles. The predicted molar refractivity (Wildman–Crippen MR) is 121 cm³/mol. The molecule has 1 aliphatic heterocycles. The van der Waals surface area contributed by atoms with Gasteiger partial charge in [0.1, 0.15) is 18.8 Å². The Hall–Kier alpha value is -3.31. The Morgan fingerprint density at radius 3 is 2.71 bits per heavy atom. The van der Waals surface area contributed by atoms with Crippen molar-refractivity contribution < 1.29 is 14.1 Å². The Bertz CT molecular complexity index is 1100. The number of rotatable bonds is 7. The number of hydrogen-bond donors (Lipinski definition) is 0. The third-order valence-electron chi connectivity index (χ3n) is 4.76. The lowest BCUT2D eigenvalue weighted by Crippen LogP contribution is -2.32. The molecule has 0 bridgehead atoms. The quantitative estimate of drug-likeness (QED) is 0.287. The van der Waals surface area contributed by atoms with Gasteiger partial charge < -0.3 is 4.74 Å². The lowest BCUT2D eigenvalue weighted by Gasteiger charge is -2.05. The summed E-state index contributed by atoms with van der Waals surface area (Å²) in [4.78, 5) is 25.0. The maximum Gasteiger partial charge on any atom is 0.306 e. The zero-order chi connectivity index (χ0) is 21.5. The van der Waals surface area contributed by atoms with Crippen molar-refractivity contribution in [1.29, 1.82) is 0 Å². The summed E-state index contributed by atoms with van der Waals surface area (Å²) < 4.78 is 7.38. The molecule has 0 fully saturated rings. The third kappa shape index (κ3) is 5.86. The van der Waals surface area contributed by atoms with Crippen LogP contribution >= 0.6 is 8.07 Å². The molecule has 0 aliphatic carbocycles. The first-order valence-corrected chi connectivity index (χ1v) is 11.9. The molecular weight excluding hydrogens is 409 g/mol. The minimum atomic E-state index is -0.668. The van der Waals surface area contributed by atoms with E-state index in [1.165, 1.54) is 0 Å². The topological polar surface area (TPSA) is 80.2 Å². The van der Waals surface area contributed by atoms with Crippen LogP contribution < -0.4 is 4.57 Å². The van der Waals surface area contributed by atoms with Gasteiger partial charge in [-0.05, 0) is 23.9 Å². The number of aromatic nitrogens is 2. The molecule has 8 heteroatoms. The lowest BCUT2D eigenvalue weighted by molar-refractivity contribution is -0.697. The van der Waals surface area contributed by atoms with E-state index in [-0.39, 0.29) is 5.97 Å². The van der Waals surface area contributed by atoms with Gasteiger partial charge >= 0.3 is 5.97 Å². The second-order valence-electron chi connectivity index (χ2n) is 7.15. The van der Waals surface area contributed by atoms with Crippen LogP contribution in [-0.2, 0) is 22.7 Å². The van der Waals surface area contributed by atoms with Crippen LogP contribution in [0.5, 0.6) is 0 Å². The average Bonchev–Trinajstić information content (AvgIpc) is 3.00. The Labute approximate surface area is 182 Å². The van der Waals surface area contributed by atoms with E-state index < -0.39 is 8.07 Å². The number of pyridine rings is 2. The van der Waals surface area contributed by atoms with Crippen molar-refractivity contribution in [3.8, 4) is 11.1 Å². The van der Waals surface area contributed by atoms with E-state index in [1.807, 2.05) is 73.5 Å². The van der Waals surface area contributed by atoms with Gasteiger partial charge in [-0.25, -0.2) is 9.55 Å². The predicted octanol–water partition coefficient (Wildman–Crippen LogP) is 5.34. The van der Waals surface area contributed by atoms with E-state index in [9.17, 15) is 4.79 Å². The number of nitrogens with zero attached hydrogens (tertiary/aromatic N) is 5. The molecule has 3 heterocycles. The highest BCUT2D eigenvalue weighted by Gasteiger charge is 2.11. The van der Waals surface area contributed by atoms with Crippen molar-refractivity contribution in [2.24, 2.45) is 15.0 Å². The molecule has 0 spiro atoms. The standard InChI is InChI=1S/C23H23N5O2P/c1-31-17-25-21-14-20(15-24-23(21)26-27-31)19-9-12-28(13-10-19)11-5-8-22(29)30-16-18-6-3-2-4-7-18/h2-4,6-7,9-10,12-15,17H,5,8,11,16H2,1H3/q+1. The Balaban J connectivity index is 1.29. The van der Waals surface area contributed by atoms with Crippen LogP contribution in [0, 0.1) is 0 Å². The molecule has 1 aliphatic rings. The van der Waals surface area contributed by atoms with Crippen LogP contribution in [0.15, 0.2) is 82.1 Å². The smallest absolute Gasteiger partial charge is 0.306 e. The van der Waals surface area contributed by atoms with Crippen molar-refractivity contribution in [2.45, 2.75) is 26.0 Å². The van der Waals surface area contributed by atoms with Crippen molar-refractivity contribution >= 4 is 31.5 Å². The molecule has 31 heavy (non-hydrogen) atoms. The fourth-order valence-corrected chi connectivity index (χ4v) is 3.64. The molecule has 7 nitrogen and oxygen atoms in total. The van der Waals surface area contributed by atoms with E-state index in [2.05, 4.69) is 24.5 Å². The molecule has 0 radical (unpaired) electrons. The second-order valence-corrected chi connectivity index (χ2v) is 8.71. The van der Waals surface area contributed by atoms with E-state index in [4.69, 9.17) is 4.74 Å². The number of benzene rings is 1. The first-order valence-electron chi connectivity index (χ1n) is 10.1. The van der Waals surface area contributed by atoms with Crippen LogP contribution in [0.2, 0.25) is 0 Å². The number of fused-ring (bicyclic) bond motifs is 1. The van der Waals surface area contributed by atoms with Gasteiger partial charge in [-0.2, -0.15) is 4.88 Å². The van der Waals surface area contributed by atoms with Crippen molar-refractivity contribution in [3.05, 3.63) is 72.7 Å². The largest absolute Gasteiger partial charge is 0.461 e. The maximum atomic E-state index is 11.9. The number of carbonyl (C=O) groups is 1. The minimum absolute atomic E-state index is 0.175. The molecule has 1 aromatic carbocycles. The summed E-state index contributed by atoms with van der Waals surface area (Å²) >= 11 is 0. The lowest BCUT2D eigenvalue weighted by atomic mass is 10.1. The van der Waals surface area contributed by atoms with E-state index in [0.29, 0.717) is 18.8 Å². The molecule has 3 aromatic rings. The summed E-state index contributed by atoms with van der Waals surface area (Å²) in [6.07, 6.45) is 6.91. The van der Waals surface area contributed by atoms with Gasteiger partial charge in [0.15, 0.2) is 18.2 Å². The first-order chi connectivity index (χ1) is 15.2. The molecule has 0 saturated heterocycles. The normalized spacial score (nSPS) is 14.7. The number of esters is 1. The van der Waals surface area contributed by atoms with Crippen molar-refractivity contribution in [3.63, 3.8) is 0 Å². The molecule has 0 N–H and O–H groups in total. The molecule has 0 amide bonds. The molecule has 156 valence electrons. The summed E-state index contributed by atoms with van der Waals surface area (Å²) in [7, 11) is -0.668. The second kappa shape index (κ2) is 10.1. The van der Waals surface area contributed by atoms with Gasteiger partial charge in [0, 0.05) is 30.3 Å². The SMILES string of the molecule is CP1C=Nc2cc(-c3cc[n+](CCCC(=O)OCc4ccccc4)cc3)cnc2N=N1. The maximum absolute atomic E-state index is 11.9. The highest BCUT2D eigenvalue weighted by atomic mass is 31.1. The Morgan fingerprint density at radius 2 is 1.90 bits per heavy atom. The number of aliphatic imine (C=N–C) groups is 1. The van der Waals surface area contributed by atoms with Crippen molar-refractivity contribution in [2.75, 3.05) is 6.66 Å². The molecule has 1 atom stereocenters. The van der Waals surface area contributed by atoms with Crippen molar-refractivity contribution in [1.82, 2.24) is 4.98 Å². The highest BCUT2D eigenvalue weighted by molar-refractivity contribution is 7.70. The molecular formula is C23H23N5O2P+. The van der Waals surface area contributed by atoms with Gasteiger partial charge in [0.2, 0.25) is 0 Å². The summed E-state index contributed by atoms with van der Waals surface area (Å²) in [5.74, 6) is 2.21. The van der Waals surface area contributed by atoms with Crippen LogP contribution in [-0.4, -0.2) is 23.6 Å². The molecule has 1 unspecified atom stereocenters. The Kier molecular flexibility index (Phi) is 6.85. The van der Waals surface area contributed by atoms with E-state index in [1.54, 1.807) is 6.20 Å². The van der Waals surface area contributed by atoms with Gasteiger partial charge in [0.25, 0.3) is 0 Å². The average molecular weight is 432 g/mol. The van der Waals surface area contributed by atoms with Gasteiger partial charge in [-0.3, -0.25) is 9.79 Å². The number of hydrogen-bond acceptors (Lipinski definition) is 6.